The van der Waals surface area contributed by atoms with Gasteiger partial charge in [0.15, 0.2) is 0 Å². The summed E-state index contributed by atoms with van der Waals surface area (Å²) in [7, 11) is 1.59. The Kier molecular flexibility index (Phi) is 4.72. The van der Waals surface area contributed by atoms with Gasteiger partial charge in [-0.05, 0) is 6.92 Å². The monoisotopic (exact) mass is 128 g/mol. The van der Waals surface area contributed by atoms with Crippen molar-refractivity contribution in [2.24, 2.45) is 16.1 Å². The Morgan fingerprint density at radius 2 is 2.44 bits per heavy atom. The number of nitrogens with zero attached hydrogens (tertiary/aromatic N) is 2. The highest BCUT2D eigenvalue weighted by Crippen LogP contribution is 1.82. The average molecular weight is 128 g/mol. The van der Waals surface area contributed by atoms with E-state index < -0.39 is 0 Å². The van der Waals surface area contributed by atoms with Crippen LogP contribution in [0.15, 0.2) is 22.1 Å². The topological polar surface area (TPSA) is 62.8 Å². The third-order valence-corrected chi connectivity index (χ3v) is 0.862. The van der Waals surface area contributed by atoms with E-state index in [1.54, 1.807) is 7.05 Å². The summed E-state index contributed by atoms with van der Waals surface area (Å²) in [4.78, 5) is 0. The van der Waals surface area contributed by atoms with Crippen LogP contribution in [0.5, 0.6) is 0 Å². The van der Waals surface area contributed by atoms with Crippen LogP contribution in [-0.4, -0.2) is 13.6 Å². The summed E-state index contributed by atoms with van der Waals surface area (Å²) in [5.74, 6) is 0. The van der Waals surface area contributed by atoms with E-state index in [9.17, 15) is 0 Å². The summed E-state index contributed by atoms with van der Waals surface area (Å²) in [5, 5.41) is 7.03. The second-order valence-electron chi connectivity index (χ2n) is 1.43. The van der Waals surface area contributed by atoms with E-state index >= 15 is 0 Å². The number of rotatable bonds is 3. The first-order chi connectivity index (χ1) is 4.35. The zero-order valence-electron chi connectivity index (χ0n) is 5.76. The Morgan fingerprint density at radius 1 is 1.78 bits per heavy atom. The highest BCUT2D eigenvalue weighted by Gasteiger charge is 1.84. The summed E-state index contributed by atoms with van der Waals surface area (Å²) in [5.41, 5.74) is 8.83. The van der Waals surface area contributed by atoms with Crippen LogP contribution in [0.25, 0.3) is 0 Å². The summed E-state index contributed by atoms with van der Waals surface area (Å²) in [6, 6.07) is 0. The second kappa shape index (κ2) is 5.24. The van der Waals surface area contributed by atoms with Crippen molar-refractivity contribution in [2.75, 3.05) is 13.6 Å². The van der Waals surface area contributed by atoms with E-state index in [-0.39, 0.29) is 0 Å². The minimum atomic E-state index is 0.468. The van der Waals surface area contributed by atoms with Crippen LogP contribution in [0.2, 0.25) is 0 Å². The molecule has 0 aliphatic rings. The first-order valence-corrected chi connectivity index (χ1v) is 2.75. The molecule has 0 aromatic heterocycles. The van der Waals surface area contributed by atoms with E-state index in [0.29, 0.717) is 6.54 Å². The summed E-state index contributed by atoms with van der Waals surface area (Å²) >= 11 is 0. The molecule has 0 spiro atoms. The van der Waals surface area contributed by atoms with E-state index in [2.05, 4.69) is 15.8 Å². The highest BCUT2D eigenvalue weighted by molar-refractivity contribution is 4.96. The molecule has 0 bridgehead atoms. The molecule has 0 heterocycles. The van der Waals surface area contributed by atoms with Gasteiger partial charge in [-0.2, -0.15) is 5.11 Å². The number of nitrogens with two attached hydrogens (primary N) is 1. The summed E-state index contributed by atoms with van der Waals surface area (Å²) in [6.07, 6.45) is 1.86. The largest absolute Gasteiger partial charge is 0.325 e. The average Bonchev–Trinajstić information content (AvgIpc) is 1.91. The maximum Gasteiger partial charge on any atom is 0.0509 e. The molecule has 0 atom stereocenters. The number of hydrogen-bond donors (Lipinski definition) is 2. The van der Waals surface area contributed by atoms with E-state index in [1.165, 1.54) is 0 Å². The molecular weight excluding hydrogens is 116 g/mol. The fraction of sp³-hybridized carbons (Fsp3) is 0.600. The second-order valence-corrected chi connectivity index (χ2v) is 1.43. The van der Waals surface area contributed by atoms with Gasteiger partial charge in [-0.1, -0.05) is 11.3 Å². The van der Waals surface area contributed by atoms with Crippen LogP contribution >= 0.6 is 0 Å². The van der Waals surface area contributed by atoms with Crippen molar-refractivity contribution < 1.29 is 0 Å². The molecule has 0 aromatic rings. The standard InChI is InChI=1S/C5H12N4/c1-3-5(4-6)8-9-7-2/h3H,4,6H2,1-2H3,(H,7,8)/b5-3-. The Balaban J connectivity index is 3.58. The molecule has 0 saturated carbocycles. The molecule has 0 aromatic carbocycles. The van der Waals surface area contributed by atoms with Crippen molar-refractivity contribution in [2.45, 2.75) is 6.92 Å². The van der Waals surface area contributed by atoms with Crippen molar-refractivity contribution >= 4 is 0 Å². The lowest BCUT2D eigenvalue weighted by atomic mass is 10.4. The molecule has 0 fully saturated rings. The van der Waals surface area contributed by atoms with Crippen LogP contribution in [0, 0.1) is 0 Å². The van der Waals surface area contributed by atoms with Gasteiger partial charge in [0.2, 0.25) is 0 Å². The van der Waals surface area contributed by atoms with Crippen LogP contribution < -0.4 is 11.2 Å². The SMILES string of the molecule is C/C=C(/CN)NN=NC. The fourth-order valence-electron chi connectivity index (χ4n) is 0.342. The van der Waals surface area contributed by atoms with Crippen LogP contribution in [0.4, 0.5) is 0 Å². The Morgan fingerprint density at radius 3 is 2.78 bits per heavy atom. The van der Waals surface area contributed by atoms with Crippen molar-refractivity contribution in [3.05, 3.63) is 11.8 Å². The van der Waals surface area contributed by atoms with Crippen molar-refractivity contribution in [3.63, 3.8) is 0 Å². The lowest BCUT2D eigenvalue weighted by molar-refractivity contribution is 0.777. The van der Waals surface area contributed by atoms with Crippen LogP contribution in [-0.2, 0) is 0 Å². The Hall–Kier alpha value is -0.900. The van der Waals surface area contributed by atoms with E-state index in [1.807, 2.05) is 13.0 Å². The summed E-state index contributed by atoms with van der Waals surface area (Å²) in [6.45, 7) is 2.36. The van der Waals surface area contributed by atoms with Crippen LogP contribution in [0.1, 0.15) is 6.92 Å². The molecule has 4 nitrogen and oxygen atoms in total. The predicted octanol–water partition coefficient (Wildman–Crippen LogP) is 0.436. The molecular formula is C5H12N4. The predicted molar refractivity (Wildman–Crippen MR) is 36.7 cm³/mol. The molecule has 9 heavy (non-hydrogen) atoms. The van der Waals surface area contributed by atoms with Gasteiger partial charge in [0, 0.05) is 12.2 Å². The molecule has 0 saturated heterocycles. The minimum absolute atomic E-state index is 0.468. The van der Waals surface area contributed by atoms with Gasteiger partial charge in [-0.25, -0.2) is 0 Å². The van der Waals surface area contributed by atoms with Gasteiger partial charge >= 0.3 is 0 Å². The smallest absolute Gasteiger partial charge is 0.0509 e. The minimum Gasteiger partial charge on any atom is -0.325 e. The molecule has 4 heteroatoms. The van der Waals surface area contributed by atoms with Gasteiger partial charge in [0.05, 0.1) is 7.05 Å². The summed E-state index contributed by atoms with van der Waals surface area (Å²) < 4.78 is 0. The first-order valence-electron chi connectivity index (χ1n) is 2.75. The molecule has 0 aliphatic carbocycles. The number of nitrogens with one attached hydrogen (secondary N) is 1. The fourth-order valence-corrected chi connectivity index (χ4v) is 0.342. The van der Waals surface area contributed by atoms with Crippen molar-refractivity contribution in [1.29, 1.82) is 0 Å². The number of hydrogen-bond acceptors (Lipinski definition) is 3. The van der Waals surface area contributed by atoms with Gasteiger partial charge in [0.25, 0.3) is 0 Å². The normalized spacial score (nSPS) is 12.6. The van der Waals surface area contributed by atoms with Crippen LogP contribution in [0.3, 0.4) is 0 Å². The third-order valence-electron chi connectivity index (χ3n) is 0.862. The van der Waals surface area contributed by atoms with Crippen molar-refractivity contribution in [3.8, 4) is 0 Å². The van der Waals surface area contributed by atoms with Gasteiger partial charge in [-0.15, -0.1) is 0 Å². The lowest BCUT2D eigenvalue weighted by Gasteiger charge is -1.97. The van der Waals surface area contributed by atoms with Gasteiger partial charge in [-0.3, -0.25) is 5.43 Å². The molecule has 3 N–H and O–H groups in total. The quantitative estimate of drug-likeness (QED) is 0.428. The first kappa shape index (κ1) is 8.10. The molecule has 0 radical (unpaired) electrons. The van der Waals surface area contributed by atoms with Gasteiger partial charge in [0.1, 0.15) is 0 Å². The molecule has 0 unspecified atom stereocenters. The molecule has 0 aliphatic heterocycles. The zero-order valence-corrected chi connectivity index (χ0v) is 5.76. The Labute approximate surface area is 54.8 Å². The lowest BCUT2D eigenvalue weighted by Crippen LogP contribution is -2.14. The van der Waals surface area contributed by atoms with E-state index in [4.69, 9.17) is 5.73 Å². The van der Waals surface area contributed by atoms with E-state index in [0.717, 1.165) is 5.70 Å². The zero-order chi connectivity index (χ0) is 7.11. The molecule has 0 amide bonds. The highest BCUT2D eigenvalue weighted by atomic mass is 15.4. The van der Waals surface area contributed by atoms with Gasteiger partial charge < -0.3 is 5.73 Å². The third kappa shape index (κ3) is 3.66. The Bertz CT molecular complexity index is 116. The maximum absolute atomic E-state index is 5.29. The van der Waals surface area contributed by atoms with Crippen molar-refractivity contribution in [1.82, 2.24) is 5.43 Å². The molecule has 0 rings (SSSR count). The maximum atomic E-state index is 5.29. The number of allylic oxidation sites excluding steroid dienone is 1. The molecule has 52 valence electrons.